The van der Waals surface area contributed by atoms with Crippen molar-refractivity contribution in [3.8, 4) is 0 Å². The van der Waals surface area contributed by atoms with E-state index in [1.165, 1.54) is 5.56 Å². The predicted molar refractivity (Wildman–Crippen MR) is 76.8 cm³/mol. The van der Waals surface area contributed by atoms with E-state index in [1.54, 1.807) is 0 Å². The highest BCUT2D eigenvalue weighted by atomic mass is 16.3. The second-order valence-corrected chi connectivity index (χ2v) is 5.31. The van der Waals surface area contributed by atoms with E-state index in [0.29, 0.717) is 6.42 Å². The number of rotatable bonds is 2. The molecule has 3 rings (SSSR count). The van der Waals surface area contributed by atoms with Crippen LogP contribution >= 0.6 is 0 Å². The van der Waals surface area contributed by atoms with Gasteiger partial charge in [-0.3, -0.25) is 0 Å². The van der Waals surface area contributed by atoms with Crippen molar-refractivity contribution in [1.29, 1.82) is 0 Å². The van der Waals surface area contributed by atoms with Gasteiger partial charge in [-0.25, -0.2) is 0 Å². The number of benzene rings is 2. The van der Waals surface area contributed by atoms with Gasteiger partial charge in [-0.15, -0.1) is 0 Å². The highest BCUT2D eigenvalue weighted by Gasteiger charge is 2.42. The van der Waals surface area contributed by atoms with Gasteiger partial charge in [0.15, 0.2) is 0 Å². The van der Waals surface area contributed by atoms with E-state index in [9.17, 15) is 5.11 Å². The van der Waals surface area contributed by atoms with Crippen molar-refractivity contribution in [3.05, 3.63) is 70.8 Å². The molecule has 0 radical (unpaired) electrons. The van der Waals surface area contributed by atoms with Crippen molar-refractivity contribution in [2.24, 2.45) is 5.73 Å². The zero-order valence-corrected chi connectivity index (χ0v) is 11.1. The molecule has 98 valence electrons. The molecule has 0 aliphatic heterocycles. The van der Waals surface area contributed by atoms with Crippen molar-refractivity contribution in [1.82, 2.24) is 0 Å². The number of nitrogens with two attached hydrogens (primary N) is 1. The van der Waals surface area contributed by atoms with Gasteiger partial charge >= 0.3 is 0 Å². The van der Waals surface area contributed by atoms with Crippen LogP contribution in [0, 0.1) is 0 Å². The van der Waals surface area contributed by atoms with Crippen LogP contribution in [0.25, 0.3) is 0 Å². The van der Waals surface area contributed by atoms with Crippen LogP contribution in [0.1, 0.15) is 41.6 Å². The smallest absolute Gasteiger partial charge is 0.117 e. The number of hydrogen-bond donors (Lipinski definition) is 2. The maximum Gasteiger partial charge on any atom is 0.117 e. The van der Waals surface area contributed by atoms with Crippen LogP contribution in [0.2, 0.25) is 0 Å². The second kappa shape index (κ2) is 4.48. The van der Waals surface area contributed by atoms with Gasteiger partial charge in [0, 0.05) is 12.5 Å². The third-order valence-electron chi connectivity index (χ3n) is 4.13. The van der Waals surface area contributed by atoms with E-state index < -0.39 is 5.60 Å². The maximum atomic E-state index is 11.1. The SMILES string of the molecule is CCc1cccc(C2(O)CC(N)c3ccccc32)c1. The molecule has 0 aromatic heterocycles. The maximum absolute atomic E-state index is 11.1. The van der Waals surface area contributed by atoms with E-state index >= 15 is 0 Å². The molecular formula is C17H19NO. The van der Waals surface area contributed by atoms with Gasteiger partial charge in [0.25, 0.3) is 0 Å². The first-order valence-corrected chi connectivity index (χ1v) is 6.82. The van der Waals surface area contributed by atoms with Crippen molar-refractivity contribution >= 4 is 0 Å². The lowest BCUT2D eigenvalue weighted by atomic mass is 9.87. The van der Waals surface area contributed by atoms with E-state index in [2.05, 4.69) is 19.1 Å². The number of hydrogen-bond acceptors (Lipinski definition) is 2. The van der Waals surface area contributed by atoms with Crippen LogP contribution in [0.4, 0.5) is 0 Å². The zero-order valence-electron chi connectivity index (χ0n) is 11.1. The fourth-order valence-electron chi connectivity index (χ4n) is 3.06. The first-order chi connectivity index (χ1) is 9.15. The first kappa shape index (κ1) is 12.4. The molecule has 2 aromatic carbocycles. The van der Waals surface area contributed by atoms with Crippen molar-refractivity contribution < 1.29 is 5.11 Å². The van der Waals surface area contributed by atoms with Gasteiger partial charge in [-0.1, -0.05) is 55.5 Å². The fraction of sp³-hybridized carbons (Fsp3) is 0.294. The molecule has 0 amide bonds. The Kier molecular flexibility index (Phi) is 2.92. The number of aliphatic hydroxyl groups is 1. The highest BCUT2D eigenvalue weighted by molar-refractivity contribution is 5.47. The van der Waals surface area contributed by atoms with Gasteiger partial charge in [0.2, 0.25) is 0 Å². The van der Waals surface area contributed by atoms with Crippen LogP contribution in [-0.4, -0.2) is 5.11 Å². The largest absolute Gasteiger partial charge is 0.380 e. The average molecular weight is 253 g/mol. The molecular weight excluding hydrogens is 234 g/mol. The predicted octanol–water partition coefficient (Wildman–Crippen LogP) is 2.89. The molecule has 0 bridgehead atoms. The van der Waals surface area contributed by atoms with Crippen molar-refractivity contribution in [2.75, 3.05) is 0 Å². The summed E-state index contributed by atoms with van der Waals surface area (Å²) in [5.41, 5.74) is 9.43. The highest BCUT2D eigenvalue weighted by Crippen LogP contribution is 2.46. The zero-order chi connectivity index (χ0) is 13.5. The molecule has 19 heavy (non-hydrogen) atoms. The molecule has 1 aliphatic rings. The average Bonchev–Trinajstić information content (AvgIpc) is 2.73. The van der Waals surface area contributed by atoms with Gasteiger partial charge in [-0.05, 0) is 28.7 Å². The molecule has 0 fully saturated rings. The molecule has 2 heteroatoms. The summed E-state index contributed by atoms with van der Waals surface area (Å²) in [5, 5.41) is 11.1. The van der Waals surface area contributed by atoms with Gasteiger partial charge in [0.05, 0.1) is 0 Å². The first-order valence-electron chi connectivity index (χ1n) is 6.82. The van der Waals surface area contributed by atoms with Crippen LogP contribution in [0.15, 0.2) is 48.5 Å². The second-order valence-electron chi connectivity index (χ2n) is 5.31. The van der Waals surface area contributed by atoms with Crippen LogP contribution in [0.5, 0.6) is 0 Å². The molecule has 2 nitrogen and oxygen atoms in total. The Labute approximate surface area is 113 Å². The Balaban J connectivity index is 2.14. The normalized spacial score (nSPS) is 25.3. The fourth-order valence-corrected chi connectivity index (χ4v) is 3.06. The van der Waals surface area contributed by atoms with E-state index in [1.807, 2.05) is 36.4 Å². The third-order valence-corrected chi connectivity index (χ3v) is 4.13. The molecule has 0 spiro atoms. The van der Waals surface area contributed by atoms with Crippen LogP contribution < -0.4 is 5.73 Å². The lowest BCUT2D eigenvalue weighted by Gasteiger charge is -2.25. The summed E-state index contributed by atoms with van der Waals surface area (Å²) in [6, 6.07) is 16.0. The van der Waals surface area contributed by atoms with E-state index in [0.717, 1.165) is 23.1 Å². The Bertz CT molecular complexity index is 608. The van der Waals surface area contributed by atoms with E-state index in [4.69, 9.17) is 5.73 Å². The molecule has 3 N–H and O–H groups in total. The van der Waals surface area contributed by atoms with Crippen LogP contribution in [0.3, 0.4) is 0 Å². The molecule has 2 atom stereocenters. The molecule has 2 unspecified atom stereocenters. The van der Waals surface area contributed by atoms with Crippen LogP contribution in [-0.2, 0) is 12.0 Å². The van der Waals surface area contributed by atoms with Gasteiger partial charge in [-0.2, -0.15) is 0 Å². The van der Waals surface area contributed by atoms with Gasteiger partial charge < -0.3 is 10.8 Å². The summed E-state index contributed by atoms with van der Waals surface area (Å²) in [5.74, 6) is 0. The quantitative estimate of drug-likeness (QED) is 0.864. The Morgan fingerprint density at radius 2 is 2.00 bits per heavy atom. The van der Waals surface area contributed by atoms with E-state index in [-0.39, 0.29) is 6.04 Å². The molecule has 2 aromatic rings. The summed E-state index contributed by atoms with van der Waals surface area (Å²) in [4.78, 5) is 0. The van der Waals surface area contributed by atoms with Crippen molar-refractivity contribution in [3.63, 3.8) is 0 Å². The third kappa shape index (κ3) is 1.88. The lowest BCUT2D eigenvalue weighted by Crippen LogP contribution is -2.25. The Morgan fingerprint density at radius 1 is 1.21 bits per heavy atom. The molecule has 0 heterocycles. The topological polar surface area (TPSA) is 46.2 Å². The standard InChI is InChI=1S/C17H19NO/c1-2-12-6-5-7-13(10-12)17(19)11-16(18)14-8-3-4-9-15(14)17/h3-10,16,19H,2,11,18H2,1H3. The molecule has 0 saturated heterocycles. The summed E-state index contributed by atoms with van der Waals surface area (Å²) in [7, 11) is 0. The summed E-state index contributed by atoms with van der Waals surface area (Å²) < 4.78 is 0. The minimum atomic E-state index is -0.943. The number of aryl methyl sites for hydroxylation is 1. The van der Waals surface area contributed by atoms with Gasteiger partial charge in [0.1, 0.15) is 5.60 Å². The molecule has 1 aliphatic carbocycles. The lowest BCUT2D eigenvalue weighted by molar-refractivity contribution is 0.0775. The summed E-state index contributed by atoms with van der Waals surface area (Å²) in [6.07, 6.45) is 1.52. The Morgan fingerprint density at radius 3 is 2.79 bits per heavy atom. The number of fused-ring (bicyclic) bond motifs is 1. The Hall–Kier alpha value is -1.64. The molecule has 0 saturated carbocycles. The minimum Gasteiger partial charge on any atom is -0.380 e. The van der Waals surface area contributed by atoms with Crippen molar-refractivity contribution in [2.45, 2.75) is 31.4 Å². The summed E-state index contributed by atoms with van der Waals surface area (Å²) >= 11 is 0. The monoisotopic (exact) mass is 253 g/mol. The minimum absolute atomic E-state index is 0.0912. The summed E-state index contributed by atoms with van der Waals surface area (Å²) in [6.45, 7) is 2.12.